The van der Waals surface area contributed by atoms with Gasteiger partial charge in [0.15, 0.2) is 0 Å². The van der Waals surface area contributed by atoms with E-state index in [4.69, 9.17) is 9.47 Å². The molecule has 1 heterocycles. The second-order valence-electron chi connectivity index (χ2n) is 4.53. The van der Waals surface area contributed by atoms with Gasteiger partial charge < -0.3 is 14.8 Å². The number of halogens is 1. The van der Waals surface area contributed by atoms with Crippen LogP contribution in [0.3, 0.4) is 0 Å². The number of nitro groups is 1. The molecule has 2 rings (SSSR count). The summed E-state index contributed by atoms with van der Waals surface area (Å²) in [6.07, 6.45) is 2.21. The van der Waals surface area contributed by atoms with Crippen LogP contribution in [0, 0.1) is 15.9 Å². The van der Waals surface area contributed by atoms with Gasteiger partial charge in [0, 0.05) is 13.2 Å². The number of nitrogens with zero attached hydrogens (tertiary/aromatic N) is 1. The van der Waals surface area contributed by atoms with Crippen molar-refractivity contribution < 1.29 is 18.8 Å². The Labute approximate surface area is 116 Å². The van der Waals surface area contributed by atoms with E-state index in [-0.39, 0.29) is 11.8 Å². The normalized spacial score (nSPS) is 18.1. The minimum atomic E-state index is -0.847. The molecule has 7 heteroatoms. The molecule has 1 saturated heterocycles. The maximum Gasteiger partial charge on any atom is 0.327 e. The Morgan fingerprint density at radius 1 is 1.55 bits per heavy atom. The third-order valence-electron chi connectivity index (χ3n) is 3.06. The molecule has 0 aliphatic carbocycles. The average molecular weight is 284 g/mol. The van der Waals surface area contributed by atoms with Crippen molar-refractivity contribution in [2.75, 3.05) is 31.7 Å². The lowest BCUT2D eigenvalue weighted by Crippen LogP contribution is -2.18. The molecule has 0 bridgehead atoms. The summed E-state index contributed by atoms with van der Waals surface area (Å²) in [5.41, 5.74) is -0.373. The number of rotatable bonds is 7. The van der Waals surface area contributed by atoms with Gasteiger partial charge in [-0.25, -0.2) is 0 Å². The summed E-state index contributed by atoms with van der Waals surface area (Å²) in [4.78, 5) is 10.1. The molecule has 20 heavy (non-hydrogen) atoms. The van der Waals surface area contributed by atoms with Gasteiger partial charge in [0.2, 0.25) is 5.82 Å². The van der Waals surface area contributed by atoms with Crippen molar-refractivity contribution in [1.82, 2.24) is 0 Å². The summed E-state index contributed by atoms with van der Waals surface area (Å²) >= 11 is 0. The topological polar surface area (TPSA) is 73.6 Å². The van der Waals surface area contributed by atoms with Crippen LogP contribution in [-0.4, -0.2) is 37.4 Å². The highest BCUT2D eigenvalue weighted by Crippen LogP contribution is 2.26. The zero-order valence-electron chi connectivity index (χ0n) is 11.0. The van der Waals surface area contributed by atoms with Gasteiger partial charge in [-0.05, 0) is 25.0 Å². The summed E-state index contributed by atoms with van der Waals surface area (Å²) < 4.78 is 24.2. The maximum atomic E-state index is 13.4. The molecule has 1 N–H and O–H groups in total. The van der Waals surface area contributed by atoms with Gasteiger partial charge in [0.1, 0.15) is 5.69 Å². The molecule has 1 unspecified atom stereocenters. The Hall–Kier alpha value is -1.73. The highest BCUT2D eigenvalue weighted by atomic mass is 19.1. The van der Waals surface area contributed by atoms with Crippen LogP contribution >= 0.6 is 0 Å². The Morgan fingerprint density at radius 3 is 3.10 bits per heavy atom. The zero-order valence-corrected chi connectivity index (χ0v) is 11.0. The second kappa shape index (κ2) is 7.16. The van der Waals surface area contributed by atoms with Crippen LogP contribution in [0.4, 0.5) is 15.8 Å². The number of nitro benzene ring substituents is 1. The Bertz CT molecular complexity index is 464. The van der Waals surface area contributed by atoms with Crippen molar-refractivity contribution in [2.24, 2.45) is 0 Å². The smallest absolute Gasteiger partial charge is 0.327 e. The molecule has 1 aromatic carbocycles. The van der Waals surface area contributed by atoms with Crippen molar-refractivity contribution in [2.45, 2.75) is 18.9 Å². The van der Waals surface area contributed by atoms with E-state index in [9.17, 15) is 14.5 Å². The van der Waals surface area contributed by atoms with Crippen molar-refractivity contribution in [1.29, 1.82) is 0 Å². The summed E-state index contributed by atoms with van der Waals surface area (Å²) in [5, 5.41) is 13.6. The van der Waals surface area contributed by atoms with Crippen molar-refractivity contribution in [3.05, 3.63) is 34.1 Å². The molecule has 6 nitrogen and oxygen atoms in total. The van der Waals surface area contributed by atoms with Gasteiger partial charge >= 0.3 is 5.69 Å². The first-order valence-corrected chi connectivity index (χ1v) is 6.54. The Morgan fingerprint density at radius 2 is 2.40 bits per heavy atom. The van der Waals surface area contributed by atoms with Gasteiger partial charge in [-0.1, -0.05) is 6.07 Å². The monoisotopic (exact) mass is 284 g/mol. The molecule has 0 amide bonds. The molecular formula is C13H17FN2O4. The van der Waals surface area contributed by atoms with Crippen molar-refractivity contribution in [3.63, 3.8) is 0 Å². The lowest BCUT2D eigenvalue weighted by atomic mass is 10.2. The second-order valence-corrected chi connectivity index (χ2v) is 4.53. The lowest BCUT2D eigenvalue weighted by molar-refractivity contribution is -0.386. The number of nitrogens with one attached hydrogen (secondary N) is 1. The number of hydrogen-bond acceptors (Lipinski definition) is 5. The average Bonchev–Trinajstić information content (AvgIpc) is 2.91. The SMILES string of the molecule is O=[N+]([O-])c1c(F)cccc1NCCOCC1CCCO1. The van der Waals surface area contributed by atoms with Crippen LogP contribution in [0.1, 0.15) is 12.8 Å². The molecule has 1 fully saturated rings. The molecule has 0 spiro atoms. The number of benzene rings is 1. The molecule has 0 radical (unpaired) electrons. The van der Waals surface area contributed by atoms with E-state index in [1.165, 1.54) is 12.1 Å². The Balaban J connectivity index is 1.76. The molecule has 1 aliphatic heterocycles. The van der Waals surface area contributed by atoms with Crippen LogP contribution in [0.5, 0.6) is 0 Å². The van der Waals surface area contributed by atoms with Crippen LogP contribution in [-0.2, 0) is 9.47 Å². The highest BCUT2D eigenvalue weighted by Gasteiger charge is 2.19. The van der Waals surface area contributed by atoms with E-state index < -0.39 is 16.4 Å². The number of para-hydroxylation sites is 1. The lowest BCUT2D eigenvalue weighted by Gasteiger charge is -2.11. The Kier molecular flexibility index (Phi) is 5.25. The predicted molar refractivity (Wildman–Crippen MR) is 71.3 cm³/mol. The number of hydrogen-bond donors (Lipinski definition) is 1. The molecule has 1 aromatic rings. The van der Waals surface area contributed by atoms with Crippen molar-refractivity contribution in [3.8, 4) is 0 Å². The first-order chi connectivity index (χ1) is 9.68. The molecule has 110 valence electrons. The van der Waals surface area contributed by atoms with E-state index in [0.29, 0.717) is 19.8 Å². The summed E-state index contributed by atoms with van der Waals surface area (Å²) in [5.74, 6) is -0.847. The molecule has 0 aromatic heterocycles. The number of ether oxygens (including phenoxy) is 2. The molecule has 0 saturated carbocycles. The van der Waals surface area contributed by atoms with Crippen LogP contribution in [0.2, 0.25) is 0 Å². The van der Waals surface area contributed by atoms with Crippen LogP contribution in [0.25, 0.3) is 0 Å². The van der Waals surface area contributed by atoms with E-state index >= 15 is 0 Å². The minimum absolute atomic E-state index is 0.151. The summed E-state index contributed by atoms with van der Waals surface area (Å²) in [6.45, 7) is 2.05. The summed E-state index contributed by atoms with van der Waals surface area (Å²) in [7, 11) is 0. The van der Waals surface area contributed by atoms with Gasteiger partial charge in [0.25, 0.3) is 0 Å². The van der Waals surface area contributed by atoms with E-state index in [0.717, 1.165) is 25.5 Å². The van der Waals surface area contributed by atoms with Crippen LogP contribution < -0.4 is 5.32 Å². The fraction of sp³-hybridized carbons (Fsp3) is 0.538. The molecular weight excluding hydrogens is 267 g/mol. The van der Waals surface area contributed by atoms with E-state index in [2.05, 4.69) is 5.32 Å². The minimum Gasteiger partial charge on any atom is -0.377 e. The fourth-order valence-corrected chi connectivity index (χ4v) is 2.09. The van der Waals surface area contributed by atoms with Gasteiger partial charge in [-0.15, -0.1) is 0 Å². The van der Waals surface area contributed by atoms with Gasteiger partial charge in [-0.3, -0.25) is 10.1 Å². The first kappa shape index (κ1) is 14.7. The van der Waals surface area contributed by atoms with Crippen LogP contribution in [0.15, 0.2) is 18.2 Å². The summed E-state index contributed by atoms with van der Waals surface area (Å²) in [6, 6.07) is 3.97. The standard InChI is InChI=1S/C13H17FN2O4/c14-11-4-1-5-12(13(11)16(17)18)15-6-8-19-9-10-3-2-7-20-10/h1,4-5,10,15H,2-3,6-9H2. The maximum absolute atomic E-state index is 13.4. The van der Waals surface area contributed by atoms with E-state index in [1.54, 1.807) is 0 Å². The predicted octanol–water partition coefficient (Wildman–Crippen LogP) is 2.34. The third-order valence-corrected chi connectivity index (χ3v) is 3.06. The first-order valence-electron chi connectivity index (χ1n) is 6.54. The number of anilines is 1. The highest BCUT2D eigenvalue weighted by molar-refractivity contribution is 5.61. The zero-order chi connectivity index (χ0) is 14.4. The quantitative estimate of drug-likeness (QED) is 0.472. The largest absolute Gasteiger partial charge is 0.377 e. The fourth-order valence-electron chi connectivity index (χ4n) is 2.09. The van der Waals surface area contributed by atoms with Gasteiger partial charge in [-0.2, -0.15) is 4.39 Å². The van der Waals surface area contributed by atoms with Gasteiger partial charge in [0.05, 0.1) is 24.2 Å². The molecule has 1 aliphatic rings. The third kappa shape index (κ3) is 3.88. The molecule has 1 atom stereocenters. The van der Waals surface area contributed by atoms with E-state index in [1.807, 2.05) is 0 Å². The van der Waals surface area contributed by atoms with Crippen molar-refractivity contribution >= 4 is 11.4 Å².